The zero-order valence-electron chi connectivity index (χ0n) is 12.3. The van der Waals surface area contributed by atoms with Gasteiger partial charge in [-0.05, 0) is 25.2 Å². The van der Waals surface area contributed by atoms with Crippen molar-refractivity contribution in [1.82, 2.24) is 10.6 Å². The van der Waals surface area contributed by atoms with Crippen LogP contribution in [0.1, 0.15) is 46.0 Å². The Morgan fingerprint density at radius 3 is 2.35 bits per heavy atom. The number of carbonyl (C=O) groups excluding carboxylic acids is 1. The fourth-order valence-corrected chi connectivity index (χ4v) is 2.59. The summed E-state index contributed by atoms with van der Waals surface area (Å²) in [6, 6.07) is -1.81. The highest BCUT2D eigenvalue weighted by atomic mass is 16.4. The van der Waals surface area contributed by atoms with Crippen LogP contribution in [0.3, 0.4) is 0 Å². The average Bonchev–Trinajstić information content (AvgIpc) is 2.37. The van der Waals surface area contributed by atoms with Crippen molar-refractivity contribution in [2.45, 2.75) is 58.1 Å². The van der Waals surface area contributed by atoms with Crippen LogP contribution in [0, 0.1) is 11.8 Å². The molecule has 0 heterocycles. The molecule has 2 atom stereocenters. The third-order valence-electron chi connectivity index (χ3n) is 4.01. The fourth-order valence-electron chi connectivity index (χ4n) is 2.59. The number of carboxylic acids is 1. The first-order valence-electron chi connectivity index (χ1n) is 7.35. The Labute approximate surface area is 119 Å². The zero-order valence-corrected chi connectivity index (χ0v) is 12.3. The lowest BCUT2D eigenvalue weighted by Gasteiger charge is -2.26. The lowest BCUT2D eigenvalue weighted by atomic mass is 9.81. The van der Waals surface area contributed by atoms with Crippen molar-refractivity contribution in [3.63, 3.8) is 0 Å². The van der Waals surface area contributed by atoms with Crippen LogP contribution in [-0.4, -0.2) is 40.9 Å². The number of nitrogens with one attached hydrogen (secondary N) is 2. The molecule has 0 aromatic heterocycles. The van der Waals surface area contributed by atoms with Gasteiger partial charge < -0.3 is 20.8 Å². The number of hydrogen-bond donors (Lipinski definition) is 4. The summed E-state index contributed by atoms with van der Waals surface area (Å²) in [6.45, 7) is 4.14. The normalized spacial score (nSPS) is 25.6. The Morgan fingerprint density at radius 2 is 1.85 bits per heavy atom. The Hall–Kier alpha value is -1.30. The minimum Gasteiger partial charge on any atom is -0.480 e. The van der Waals surface area contributed by atoms with Gasteiger partial charge in [0, 0.05) is 6.54 Å². The topological polar surface area (TPSA) is 98.7 Å². The number of urea groups is 1. The van der Waals surface area contributed by atoms with Crippen molar-refractivity contribution in [2.24, 2.45) is 11.8 Å². The first-order chi connectivity index (χ1) is 9.40. The second kappa shape index (κ2) is 8.09. The minimum absolute atomic E-state index is 0.539. The summed E-state index contributed by atoms with van der Waals surface area (Å²) in [4.78, 5) is 22.4. The van der Waals surface area contributed by atoms with Gasteiger partial charge in [-0.3, -0.25) is 0 Å². The number of rotatable bonds is 6. The van der Waals surface area contributed by atoms with E-state index in [1.165, 1.54) is 32.6 Å². The van der Waals surface area contributed by atoms with Crippen molar-refractivity contribution in [3.05, 3.63) is 0 Å². The second-order valence-corrected chi connectivity index (χ2v) is 5.87. The maximum Gasteiger partial charge on any atom is 0.328 e. The largest absolute Gasteiger partial charge is 0.480 e. The molecule has 1 aliphatic rings. The van der Waals surface area contributed by atoms with E-state index in [0.717, 1.165) is 12.3 Å². The Balaban J connectivity index is 2.21. The van der Waals surface area contributed by atoms with Gasteiger partial charge in [0.25, 0.3) is 0 Å². The van der Waals surface area contributed by atoms with E-state index in [1.54, 1.807) is 0 Å². The molecule has 1 saturated carbocycles. The number of aliphatic carboxylic acids is 1. The number of hydrogen-bond acceptors (Lipinski definition) is 3. The van der Waals surface area contributed by atoms with Gasteiger partial charge in [0.1, 0.15) is 0 Å². The van der Waals surface area contributed by atoms with E-state index in [0.29, 0.717) is 12.5 Å². The molecule has 116 valence electrons. The predicted octanol–water partition coefficient (Wildman–Crippen LogP) is 1.34. The summed E-state index contributed by atoms with van der Waals surface area (Å²) >= 11 is 0. The summed E-state index contributed by atoms with van der Waals surface area (Å²) < 4.78 is 0. The molecule has 0 spiro atoms. The Morgan fingerprint density at radius 1 is 1.25 bits per heavy atom. The van der Waals surface area contributed by atoms with E-state index in [4.69, 9.17) is 5.11 Å². The number of aliphatic hydroxyl groups is 1. The molecule has 0 radical (unpaired) electrons. The van der Waals surface area contributed by atoms with Gasteiger partial charge in [0.15, 0.2) is 6.04 Å². The summed E-state index contributed by atoms with van der Waals surface area (Å²) in [6.07, 6.45) is 4.70. The number of carboxylic acid groups (broad SMARTS) is 1. The van der Waals surface area contributed by atoms with Crippen LogP contribution in [-0.2, 0) is 4.79 Å². The molecular formula is C14H26N2O4. The van der Waals surface area contributed by atoms with E-state index in [2.05, 4.69) is 17.6 Å². The van der Waals surface area contributed by atoms with Gasteiger partial charge in [-0.2, -0.15) is 0 Å². The molecule has 2 unspecified atom stereocenters. The lowest BCUT2D eigenvalue weighted by molar-refractivity contribution is -0.141. The quantitative estimate of drug-likeness (QED) is 0.592. The van der Waals surface area contributed by atoms with Crippen molar-refractivity contribution >= 4 is 12.0 Å². The number of aliphatic hydroxyl groups excluding tert-OH is 1. The van der Waals surface area contributed by atoms with E-state index < -0.39 is 24.1 Å². The van der Waals surface area contributed by atoms with Crippen LogP contribution >= 0.6 is 0 Å². The highest BCUT2D eigenvalue weighted by molar-refractivity contribution is 5.82. The summed E-state index contributed by atoms with van der Waals surface area (Å²) in [5.74, 6) is 0.222. The smallest absolute Gasteiger partial charge is 0.328 e. The van der Waals surface area contributed by atoms with E-state index in [9.17, 15) is 14.7 Å². The molecular weight excluding hydrogens is 260 g/mol. The lowest BCUT2D eigenvalue weighted by Crippen LogP contribution is -2.51. The average molecular weight is 286 g/mol. The fraction of sp³-hybridized carbons (Fsp3) is 0.857. The Bertz CT molecular complexity index is 325. The summed E-state index contributed by atoms with van der Waals surface area (Å²) in [5.41, 5.74) is 0. The van der Waals surface area contributed by atoms with Crippen molar-refractivity contribution in [2.75, 3.05) is 6.54 Å². The third-order valence-corrected chi connectivity index (χ3v) is 4.01. The van der Waals surface area contributed by atoms with Crippen LogP contribution in [0.2, 0.25) is 0 Å². The van der Waals surface area contributed by atoms with E-state index in [-0.39, 0.29) is 0 Å². The molecule has 0 aliphatic heterocycles. The highest BCUT2D eigenvalue weighted by Gasteiger charge is 2.25. The van der Waals surface area contributed by atoms with Gasteiger partial charge >= 0.3 is 12.0 Å². The van der Waals surface area contributed by atoms with Crippen molar-refractivity contribution in [3.8, 4) is 0 Å². The molecule has 2 amide bonds. The third kappa shape index (κ3) is 5.77. The van der Waals surface area contributed by atoms with Gasteiger partial charge in [-0.15, -0.1) is 0 Å². The van der Waals surface area contributed by atoms with Crippen LogP contribution in [0.4, 0.5) is 4.79 Å². The van der Waals surface area contributed by atoms with Gasteiger partial charge in [-0.25, -0.2) is 9.59 Å². The maximum atomic E-state index is 11.6. The SMILES string of the molecule is CC1CCC(CCNC(=O)NC(C(=O)O)C(C)O)CC1. The van der Waals surface area contributed by atoms with E-state index >= 15 is 0 Å². The Kier molecular flexibility index (Phi) is 6.78. The van der Waals surface area contributed by atoms with Crippen LogP contribution < -0.4 is 10.6 Å². The molecule has 0 saturated heterocycles. The summed E-state index contributed by atoms with van der Waals surface area (Å²) in [5, 5.41) is 23.0. The highest BCUT2D eigenvalue weighted by Crippen LogP contribution is 2.29. The van der Waals surface area contributed by atoms with E-state index in [1.807, 2.05) is 0 Å². The minimum atomic E-state index is -1.27. The maximum absolute atomic E-state index is 11.6. The molecule has 4 N–H and O–H groups in total. The molecule has 1 fully saturated rings. The molecule has 0 aromatic rings. The molecule has 0 bridgehead atoms. The zero-order chi connectivity index (χ0) is 15.1. The molecule has 0 aromatic carbocycles. The first kappa shape index (κ1) is 16.8. The van der Waals surface area contributed by atoms with Crippen LogP contribution in [0.5, 0.6) is 0 Å². The van der Waals surface area contributed by atoms with Gasteiger partial charge in [0.2, 0.25) is 0 Å². The van der Waals surface area contributed by atoms with Gasteiger partial charge in [0.05, 0.1) is 6.10 Å². The van der Waals surface area contributed by atoms with Gasteiger partial charge in [-0.1, -0.05) is 32.6 Å². The first-order valence-corrected chi connectivity index (χ1v) is 7.35. The predicted molar refractivity (Wildman–Crippen MR) is 75.4 cm³/mol. The van der Waals surface area contributed by atoms with Crippen molar-refractivity contribution < 1.29 is 19.8 Å². The summed E-state index contributed by atoms with van der Waals surface area (Å²) in [7, 11) is 0. The monoisotopic (exact) mass is 286 g/mol. The molecule has 1 aliphatic carbocycles. The van der Waals surface area contributed by atoms with Crippen molar-refractivity contribution in [1.29, 1.82) is 0 Å². The number of carbonyl (C=O) groups is 2. The molecule has 6 heteroatoms. The standard InChI is InChI=1S/C14H26N2O4/c1-9-3-5-11(6-4-9)7-8-15-14(20)16-12(10(2)17)13(18)19/h9-12,17H,3-8H2,1-2H3,(H,18,19)(H2,15,16,20). The number of amides is 2. The molecule has 1 rings (SSSR count). The van der Waals surface area contributed by atoms with Crippen LogP contribution in [0.15, 0.2) is 0 Å². The van der Waals surface area contributed by atoms with Crippen LogP contribution in [0.25, 0.3) is 0 Å². The molecule has 20 heavy (non-hydrogen) atoms. The molecule has 6 nitrogen and oxygen atoms in total. The second-order valence-electron chi connectivity index (χ2n) is 5.87.